The number of hydrogen-bond acceptors (Lipinski definition) is 4. The van der Waals surface area contributed by atoms with Gasteiger partial charge in [-0.2, -0.15) is 0 Å². The van der Waals surface area contributed by atoms with E-state index in [-0.39, 0.29) is 11.9 Å². The number of carbonyl (C=O) groups is 1. The molecule has 3 rings (SSSR count). The molecule has 0 radical (unpaired) electrons. The Kier molecular flexibility index (Phi) is 4.11. The largest absolute Gasteiger partial charge is 0.420 e. The van der Waals surface area contributed by atoms with Gasteiger partial charge in [0.15, 0.2) is 5.58 Å². The summed E-state index contributed by atoms with van der Waals surface area (Å²) < 4.78 is 6.73. The summed E-state index contributed by atoms with van der Waals surface area (Å²) in [6, 6.07) is 11.0. The van der Waals surface area contributed by atoms with Gasteiger partial charge in [-0.15, -0.1) is 11.3 Å². The molecule has 1 aromatic carbocycles. The minimum absolute atomic E-state index is 0.0456. The van der Waals surface area contributed by atoms with Gasteiger partial charge in [0.2, 0.25) is 5.91 Å². The fourth-order valence-corrected chi connectivity index (χ4v) is 3.11. The van der Waals surface area contributed by atoms with Crippen molar-refractivity contribution in [1.29, 1.82) is 0 Å². The van der Waals surface area contributed by atoms with Crippen LogP contribution in [0.3, 0.4) is 0 Å². The second-order valence-corrected chi connectivity index (χ2v) is 6.20. The Morgan fingerprint density at radius 3 is 2.91 bits per heavy atom. The summed E-state index contributed by atoms with van der Waals surface area (Å²) in [5, 5.41) is 4.86. The first-order valence-corrected chi connectivity index (χ1v) is 7.91. The number of para-hydroxylation sites is 2. The average molecular weight is 316 g/mol. The number of thiophene rings is 1. The molecular weight excluding hydrogens is 300 g/mol. The molecule has 0 fully saturated rings. The van der Waals surface area contributed by atoms with Gasteiger partial charge in [0.25, 0.3) is 0 Å². The van der Waals surface area contributed by atoms with Crippen LogP contribution in [0.1, 0.15) is 11.8 Å². The summed E-state index contributed by atoms with van der Waals surface area (Å²) in [7, 11) is 0. The monoisotopic (exact) mass is 316 g/mol. The molecule has 0 unspecified atom stereocenters. The van der Waals surface area contributed by atoms with Crippen LogP contribution in [0.2, 0.25) is 0 Å². The maximum Gasteiger partial charge on any atom is 0.420 e. The van der Waals surface area contributed by atoms with Crippen LogP contribution < -0.4 is 11.1 Å². The van der Waals surface area contributed by atoms with E-state index >= 15 is 0 Å². The number of oxazole rings is 1. The van der Waals surface area contributed by atoms with Crippen LogP contribution >= 0.6 is 11.3 Å². The Morgan fingerprint density at radius 2 is 2.14 bits per heavy atom. The van der Waals surface area contributed by atoms with Crippen molar-refractivity contribution in [2.24, 2.45) is 0 Å². The van der Waals surface area contributed by atoms with Crippen molar-refractivity contribution in [2.45, 2.75) is 25.9 Å². The molecule has 1 atom stereocenters. The summed E-state index contributed by atoms with van der Waals surface area (Å²) in [5.74, 6) is -0.448. The minimum Gasteiger partial charge on any atom is -0.408 e. The molecule has 114 valence electrons. The van der Waals surface area contributed by atoms with E-state index in [1.807, 2.05) is 42.6 Å². The molecule has 0 aliphatic heterocycles. The zero-order valence-corrected chi connectivity index (χ0v) is 12.9. The predicted molar refractivity (Wildman–Crippen MR) is 86.1 cm³/mol. The maximum absolute atomic E-state index is 12.0. The first kappa shape index (κ1) is 14.6. The number of aromatic nitrogens is 1. The number of carbonyl (C=O) groups excluding carboxylic acids is 1. The van der Waals surface area contributed by atoms with E-state index in [4.69, 9.17) is 4.42 Å². The van der Waals surface area contributed by atoms with Gasteiger partial charge < -0.3 is 9.73 Å². The van der Waals surface area contributed by atoms with Gasteiger partial charge in [0.05, 0.1) is 11.9 Å². The third-order valence-corrected chi connectivity index (χ3v) is 4.23. The fraction of sp³-hybridized carbons (Fsp3) is 0.250. The Balaban J connectivity index is 1.68. The highest BCUT2D eigenvalue weighted by Gasteiger charge is 2.14. The Hall–Kier alpha value is -2.34. The topological polar surface area (TPSA) is 64.2 Å². The molecule has 1 amide bonds. The standard InChI is InChI=1S/C16H16N2O3S/c1-11(17-15(19)9-12-5-4-8-22-12)10-18-13-6-2-3-7-14(13)21-16(18)20/h2-8,11H,9-10H2,1H3,(H,17,19)/t11-/m1/s1. The van der Waals surface area contributed by atoms with Crippen molar-refractivity contribution >= 4 is 28.3 Å². The summed E-state index contributed by atoms with van der Waals surface area (Å²) in [4.78, 5) is 24.9. The second-order valence-electron chi connectivity index (χ2n) is 5.17. The quantitative estimate of drug-likeness (QED) is 0.786. The number of benzene rings is 1. The molecule has 0 bridgehead atoms. The van der Waals surface area contributed by atoms with Crippen molar-refractivity contribution < 1.29 is 9.21 Å². The van der Waals surface area contributed by atoms with E-state index in [9.17, 15) is 9.59 Å². The molecule has 6 heteroatoms. The van der Waals surface area contributed by atoms with E-state index < -0.39 is 5.76 Å². The highest BCUT2D eigenvalue weighted by molar-refractivity contribution is 7.10. The number of nitrogens with one attached hydrogen (secondary N) is 1. The summed E-state index contributed by atoms with van der Waals surface area (Å²) in [6.07, 6.45) is 0.364. The van der Waals surface area contributed by atoms with E-state index in [0.717, 1.165) is 10.4 Å². The molecule has 5 nitrogen and oxygen atoms in total. The third-order valence-electron chi connectivity index (χ3n) is 3.35. The summed E-state index contributed by atoms with van der Waals surface area (Å²) in [6.45, 7) is 2.26. The second kappa shape index (κ2) is 6.19. The van der Waals surface area contributed by atoms with E-state index in [1.165, 1.54) is 0 Å². The number of rotatable bonds is 5. The smallest absolute Gasteiger partial charge is 0.408 e. The number of hydrogen-bond donors (Lipinski definition) is 1. The summed E-state index contributed by atoms with van der Waals surface area (Å²) >= 11 is 1.56. The van der Waals surface area contributed by atoms with Gasteiger partial charge in [0, 0.05) is 17.5 Å². The van der Waals surface area contributed by atoms with Gasteiger partial charge in [0.1, 0.15) is 0 Å². The van der Waals surface area contributed by atoms with Crippen LogP contribution in [0.4, 0.5) is 0 Å². The lowest BCUT2D eigenvalue weighted by Gasteiger charge is -2.14. The Morgan fingerprint density at radius 1 is 1.32 bits per heavy atom. The molecule has 3 aromatic rings. The van der Waals surface area contributed by atoms with Crippen molar-refractivity contribution in [3.63, 3.8) is 0 Å². The van der Waals surface area contributed by atoms with Crippen LogP contribution in [0.5, 0.6) is 0 Å². The number of fused-ring (bicyclic) bond motifs is 1. The molecule has 1 N–H and O–H groups in total. The van der Waals surface area contributed by atoms with Crippen LogP contribution in [-0.2, 0) is 17.8 Å². The zero-order valence-electron chi connectivity index (χ0n) is 12.1. The molecule has 2 aromatic heterocycles. The molecule has 0 saturated carbocycles. The first-order chi connectivity index (χ1) is 10.6. The van der Waals surface area contributed by atoms with Crippen LogP contribution in [0.25, 0.3) is 11.1 Å². The van der Waals surface area contributed by atoms with E-state index in [2.05, 4.69) is 5.32 Å². The first-order valence-electron chi connectivity index (χ1n) is 7.03. The van der Waals surface area contributed by atoms with Crippen LogP contribution in [0, 0.1) is 0 Å². The van der Waals surface area contributed by atoms with Crippen molar-refractivity contribution in [3.8, 4) is 0 Å². The van der Waals surface area contributed by atoms with Gasteiger partial charge in [-0.3, -0.25) is 9.36 Å². The van der Waals surface area contributed by atoms with Crippen LogP contribution in [-0.4, -0.2) is 16.5 Å². The molecule has 0 spiro atoms. The Labute approximate surface area is 131 Å². The fourth-order valence-electron chi connectivity index (χ4n) is 2.40. The molecule has 2 heterocycles. The van der Waals surface area contributed by atoms with Gasteiger partial charge >= 0.3 is 5.76 Å². The summed E-state index contributed by atoms with van der Waals surface area (Å²) in [5.41, 5.74) is 1.30. The highest BCUT2D eigenvalue weighted by atomic mass is 32.1. The van der Waals surface area contributed by atoms with Gasteiger partial charge in [-0.05, 0) is 30.5 Å². The van der Waals surface area contributed by atoms with Crippen molar-refractivity contribution in [3.05, 3.63) is 57.2 Å². The maximum atomic E-state index is 12.0. The lowest BCUT2D eigenvalue weighted by Crippen LogP contribution is -2.38. The van der Waals surface area contributed by atoms with Gasteiger partial charge in [-0.25, -0.2) is 4.79 Å². The number of nitrogens with zero attached hydrogens (tertiary/aromatic N) is 1. The van der Waals surface area contributed by atoms with Crippen LogP contribution in [0.15, 0.2) is 51.0 Å². The highest BCUT2D eigenvalue weighted by Crippen LogP contribution is 2.12. The zero-order chi connectivity index (χ0) is 15.5. The normalized spacial score (nSPS) is 12.4. The molecular formula is C16H16N2O3S. The molecule has 0 saturated heterocycles. The molecule has 22 heavy (non-hydrogen) atoms. The molecule has 0 aliphatic rings. The minimum atomic E-state index is -0.402. The van der Waals surface area contributed by atoms with E-state index in [0.29, 0.717) is 18.5 Å². The lowest BCUT2D eigenvalue weighted by atomic mass is 10.2. The van der Waals surface area contributed by atoms with Gasteiger partial charge in [-0.1, -0.05) is 18.2 Å². The SMILES string of the molecule is C[C@H](Cn1c(=O)oc2ccccc21)NC(=O)Cc1cccs1. The lowest BCUT2D eigenvalue weighted by molar-refractivity contribution is -0.121. The van der Waals surface area contributed by atoms with Crippen molar-refractivity contribution in [1.82, 2.24) is 9.88 Å². The predicted octanol–water partition coefficient (Wildman–Crippen LogP) is 2.40. The number of amides is 1. The average Bonchev–Trinajstić information content (AvgIpc) is 3.08. The van der Waals surface area contributed by atoms with E-state index in [1.54, 1.807) is 22.0 Å². The van der Waals surface area contributed by atoms with Crippen molar-refractivity contribution in [2.75, 3.05) is 0 Å². The Bertz CT molecular complexity index is 833. The third kappa shape index (κ3) is 3.12. The molecule has 0 aliphatic carbocycles.